The third-order valence-corrected chi connectivity index (χ3v) is 6.04. The van der Waals surface area contributed by atoms with E-state index in [1.165, 1.54) is 12.1 Å². The van der Waals surface area contributed by atoms with E-state index in [-0.39, 0.29) is 12.4 Å². The molecule has 2 aliphatic heterocycles. The first kappa shape index (κ1) is 23.6. The molecule has 2 aliphatic rings. The third kappa shape index (κ3) is 5.31. The Bertz CT molecular complexity index is 1050. The minimum Gasteiger partial charge on any atom is -0.497 e. The highest BCUT2D eigenvalue weighted by Gasteiger charge is 2.34. The quantitative estimate of drug-likeness (QED) is 0.608. The zero-order valence-corrected chi connectivity index (χ0v) is 19.3. The summed E-state index contributed by atoms with van der Waals surface area (Å²) in [7, 11) is 1.65. The van der Waals surface area contributed by atoms with Crippen LogP contribution < -0.4 is 20.3 Å². The van der Waals surface area contributed by atoms with Crippen LogP contribution in [-0.2, 0) is 9.53 Å². The Hall–Kier alpha value is -3.59. The number of ether oxygens (including phenoxy) is 2. The number of piperazine rings is 1. The molecule has 0 unspecified atom stereocenters. The van der Waals surface area contributed by atoms with Crippen LogP contribution >= 0.6 is 0 Å². The molecule has 0 saturated carbocycles. The standard InChI is InChI=1S/C25H29FN4O4/c1-3-34-24(31)22-21(27-25(32)28-23(22)17-4-6-18(26)7-5-17)16-29-12-14-30(15-13-29)19-8-10-20(33-2)11-9-19/h4-11,23H,3,12-16H2,1-2H3,(H2,27,28,32)/t23-/m1/s1. The van der Waals surface area contributed by atoms with E-state index in [0.717, 1.165) is 37.6 Å². The number of urea groups is 1. The largest absolute Gasteiger partial charge is 0.497 e. The summed E-state index contributed by atoms with van der Waals surface area (Å²) in [6.07, 6.45) is 0. The molecule has 0 aliphatic carbocycles. The fourth-order valence-electron chi connectivity index (χ4n) is 4.28. The number of carbonyl (C=O) groups is 2. The zero-order chi connectivity index (χ0) is 24.1. The van der Waals surface area contributed by atoms with Crippen molar-refractivity contribution in [2.75, 3.05) is 51.3 Å². The maximum absolute atomic E-state index is 13.5. The minimum absolute atomic E-state index is 0.209. The molecule has 0 aromatic heterocycles. The number of nitrogens with one attached hydrogen (secondary N) is 2. The molecule has 2 amide bonds. The number of nitrogens with zero attached hydrogens (tertiary/aromatic N) is 2. The molecule has 0 bridgehead atoms. The number of hydrogen-bond donors (Lipinski definition) is 2. The van der Waals surface area contributed by atoms with E-state index >= 15 is 0 Å². The van der Waals surface area contributed by atoms with Crippen molar-refractivity contribution in [3.05, 3.63) is 71.2 Å². The Morgan fingerprint density at radius 2 is 1.74 bits per heavy atom. The molecular formula is C25H29FN4O4. The van der Waals surface area contributed by atoms with Crippen molar-refractivity contribution in [2.45, 2.75) is 13.0 Å². The Labute approximate surface area is 198 Å². The highest BCUT2D eigenvalue weighted by Crippen LogP contribution is 2.29. The summed E-state index contributed by atoms with van der Waals surface area (Å²) in [6, 6.07) is 12.6. The van der Waals surface area contributed by atoms with E-state index in [1.807, 2.05) is 24.3 Å². The first-order chi connectivity index (χ1) is 16.5. The highest BCUT2D eigenvalue weighted by molar-refractivity contribution is 5.95. The summed E-state index contributed by atoms with van der Waals surface area (Å²) in [6.45, 7) is 5.48. The Balaban J connectivity index is 1.52. The molecule has 8 nitrogen and oxygen atoms in total. The molecule has 2 N–H and O–H groups in total. The Morgan fingerprint density at radius 3 is 2.35 bits per heavy atom. The predicted octanol–water partition coefficient (Wildman–Crippen LogP) is 2.83. The molecule has 1 fully saturated rings. The summed E-state index contributed by atoms with van der Waals surface area (Å²) in [5.41, 5.74) is 2.58. The number of anilines is 1. The normalized spacial score (nSPS) is 18.9. The highest BCUT2D eigenvalue weighted by atomic mass is 19.1. The van der Waals surface area contributed by atoms with Gasteiger partial charge in [0.15, 0.2) is 0 Å². The SMILES string of the molecule is CCOC(=O)C1=C(CN2CCN(c3ccc(OC)cc3)CC2)NC(=O)N[C@@H]1c1ccc(F)cc1. The second-order valence-electron chi connectivity index (χ2n) is 8.16. The molecule has 180 valence electrons. The van der Waals surface area contributed by atoms with Gasteiger partial charge < -0.3 is 25.0 Å². The number of methoxy groups -OCH3 is 1. The van der Waals surface area contributed by atoms with Crippen LogP contribution in [0.25, 0.3) is 0 Å². The van der Waals surface area contributed by atoms with Crippen molar-refractivity contribution in [1.29, 1.82) is 0 Å². The van der Waals surface area contributed by atoms with Gasteiger partial charge in [-0.25, -0.2) is 14.0 Å². The lowest BCUT2D eigenvalue weighted by atomic mass is 9.95. The van der Waals surface area contributed by atoms with Crippen molar-refractivity contribution in [2.24, 2.45) is 0 Å². The molecule has 2 aromatic carbocycles. The molecule has 34 heavy (non-hydrogen) atoms. The zero-order valence-electron chi connectivity index (χ0n) is 19.3. The van der Waals surface area contributed by atoms with Gasteiger partial charge in [-0.3, -0.25) is 4.90 Å². The second kappa shape index (κ2) is 10.6. The van der Waals surface area contributed by atoms with Gasteiger partial charge >= 0.3 is 12.0 Å². The van der Waals surface area contributed by atoms with Gasteiger partial charge in [0.25, 0.3) is 0 Å². The predicted molar refractivity (Wildman–Crippen MR) is 126 cm³/mol. The van der Waals surface area contributed by atoms with Crippen LogP contribution in [0.15, 0.2) is 59.8 Å². The number of rotatable bonds is 7. The fraction of sp³-hybridized carbons (Fsp3) is 0.360. The van der Waals surface area contributed by atoms with E-state index < -0.39 is 18.0 Å². The average molecular weight is 469 g/mol. The van der Waals surface area contributed by atoms with E-state index in [2.05, 4.69) is 20.4 Å². The van der Waals surface area contributed by atoms with Gasteiger partial charge in [0.05, 0.1) is 25.3 Å². The van der Waals surface area contributed by atoms with Gasteiger partial charge in [-0.05, 0) is 48.9 Å². The lowest BCUT2D eigenvalue weighted by molar-refractivity contribution is -0.139. The lowest BCUT2D eigenvalue weighted by Gasteiger charge is -2.38. The molecular weight excluding hydrogens is 439 g/mol. The lowest BCUT2D eigenvalue weighted by Crippen LogP contribution is -2.51. The third-order valence-electron chi connectivity index (χ3n) is 6.04. The van der Waals surface area contributed by atoms with Crippen LogP contribution in [0.3, 0.4) is 0 Å². The van der Waals surface area contributed by atoms with E-state index in [0.29, 0.717) is 23.4 Å². The van der Waals surface area contributed by atoms with Crippen LogP contribution in [-0.4, -0.2) is 63.3 Å². The first-order valence-corrected chi connectivity index (χ1v) is 11.3. The number of carbonyl (C=O) groups excluding carboxylic acids is 2. The van der Waals surface area contributed by atoms with Gasteiger partial charge in [0.2, 0.25) is 0 Å². The summed E-state index contributed by atoms with van der Waals surface area (Å²) in [4.78, 5) is 29.9. The molecule has 4 rings (SSSR count). The molecule has 1 saturated heterocycles. The average Bonchev–Trinajstić information content (AvgIpc) is 2.85. The number of halogens is 1. The van der Waals surface area contributed by atoms with Crippen molar-refractivity contribution in [3.8, 4) is 5.75 Å². The molecule has 0 radical (unpaired) electrons. The Morgan fingerprint density at radius 1 is 1.06 bits per heavy atom. The molecule has 1 atom stereocenters. The van der Waals surface area contributed by atoms with Crippen LogP contribution in [0.1, 0.15) is 18.5 Å². The summed E-state index contributed by atoms with van der Waals surface area (Å²) in [5.74, 6) is -0.0741. The van der Waals surface area contributed by atoms with Gasteiger partial charge in [0, 0.05) is 44.1 Å². The number of esters is 1. The first-order valence-electron chi connectivity index (χ1n) is 11.3. The number of hydrogen-bond acceptors (Lipinski definition) is 6. The van der Waals surface area contributed by atoms with Crippen molar-refractivity contribution in [1.82, 2.24) is 15.5 Å². The van der Waals surface area contributed by atoms with Gasteiger partial charge in [0.1, 0.15) is 11.6 Å². The molecule has 2 heterocycles. The van der Waals surface area contributed by atoms with Crippen LogP contribution in [0.4, 0.5) is 14.9 Å². The fourth-order valence-corrected chi connectivity index (χ4v) is 4.28. The maximum atomic E-state index is 13.5. The van der Waals surface area contributed by atoms with Crippen molar-refractivity contribution in [3.63, 3.8) is 0 Å². The minimum atomic E-state index is -0.719. The van der Waals surface area contributed by atoms with E-state index in [9.17, 15) is 14.0 Å². The summed E-state index contributed by atoms with van der Waals surface area (Å²) in [5, 5.41) is 5.58. The monoisotopic (exact) mass is 468 g/mol. The number of amides is 2. The van der Waals surface area contributed by atoms with Crippen molar-refractivity contribution >= 4 is 17.7 Å². The maximum Gasteiger partial charge on any atom is 0.338 e. The van der Waals surface area contributed by atoms with Gasteiger partial charge in [-0.15, -0.1) is 0 Å². The van der Waals surface area contributed by atoms with Crippen LogP contribution in [0.2, 0.25) is 0 Å². The summed E-state index contributed by atoms with van der Waals surface area (Å²) >= 11 is 0. The molecule has 0 spiro atoms. The summed E-state index contributed by atoms with van der Waals surface area (Å²) < 4.78 is 24.0. The van der Waals surface area contributed by atoms with Crippen LogP contribution in [0, 0.1) is 5.82 Å². The Kier molecular flexibility index (Phi) is 7.32. The van der Waals surface area contributed by atoms with Gasteiger partial charge in [-0.2, -0.15) is 0 Å². The molecule has 9 heteroatoms. The van der Waals surface area contributed by atoms with Crippen LogP contribution in [0.5, 0.6) is 5.75 Å². The van der Waals surface area contributed by atoms with E-state index in [4.69, 9.17) is 9.47 Å². The smallest absolute Gasteiger partial charge is 0.338 e. The van der Waals surface area contributed by atoms with Crippen molar-refractivity contribution < 1.29 is 23.5 Å². The second-order valence-corrected chi connectivity index (χ2v) is 8.16. The molecule has 2 aromatic rings. The van der Waals surface area contributed by atoms with E-state index in [1.54, 1.807) is 26.2 Å². The number of benzene rings is 2. The topological polar surface area (TPSA) is 83.1 Å². The van der Waals surface area contributed by atoms with Gasteiger partial charge in [-0.1, -0.05) is 12.1 Å².